The van der Waals surface area contributed by atoms with Gasteiger partial charge in [-0.25, -0.2) is 0 Å². The minimum atomic E-state index is 1.11. The first kappa shape index (κ1) is 7.43. The largest absolute Gasteiger partial charge is 0.118 e. The molecule has 0 rings (SSSR count). The van der Waals surface area contributed by atoms with E-state index in [0.29, 0.717) is 0 Å². The van der Waals surface area contributed by atoms with Crippen LogP contribution in [0.4, 0.5) is 0 Å². The Balaban J connectivity index is 2.45. The second-order valence-corrected chi connectivity index (χ2v) is 2.88. The van der Waals surface area contributed by atoms with E-state index in [2.05, 4.69) is 20.0 Å². The highest BCUT2D eigenvalue weighted by Gasteiger charge is 1.79. The maximum Gasteiger partial charge on any atom is -0.0174 e. The normalized spacial score (nSPS) is 9.43. The van der Waals surface area contributed by atoms with Crippen molar-refractivity contribution in [3.63, 3.8) is 0 Å². The van der Waals surface area contributed by atoms with Crippen molar-refractivity contribution in [3.8, 4) is 0 Å². The van der Waals surface area contributed by atoms with Crippen molar-refractivity contribution in [2.75, 3.05) is 6.16 Å². The summed E-state index contributed by atoms with van der Waals surface area (Å²) in [6.07, 6.45) is 6.35. The molecule has 0 aromatic carbocycles. The van der Waals surface area contributed by atoms with Gasteiger partial charge in [-0.05, 0) is 18.7 Å². The number of rotatable bonds is 4. The first-order chi connectivity index (χ1) is 3.41. The molecule has 43 valence electrons. The molecule has 0 saturated carbocycles. The van der Waals surface area contributed by atoms with Gasteiger partial charge in [-0.1, -0.05) is 20.3 Å². The van der Waals surface area contributed by atoms with Crippen LogP contribution in [0.1, 0.15) is 26.7 Å². The summed E-state index contributed by atoms with van der Waals surface area (Å²) in [5.41, 5.74) is 0. The first-order valence-electron chi connectivity index (χ1n) is 2.96. The quantitative estimate of drug-likeness (QED) is 0.392. The van der Waals surface area contributed by atoms with Gasteiger partial charge in [0, 0.05) is 0 Å². The number of hydrogen-bond acceptors (Lipinski definition) is 0. The van der Waals surface area contributed by atoms with Crippen LogP contribution in [-0.4, -0.2) is 6.16 Å². The zero-order valence-corrected chi connectivity index (χ0v) is 6.20. The monoisotopic (exact) mass is 117 g/mol. The Morgan fingerprint density at radius 2 is 2.14 bits per heavy atom. The molecular formula is C6H14P. The maximum absolute atomic E-state index is 2.36. The van der Waals surface area contributed by atoms with Gasteiger partial charge in [-0.15, -0.1) is 8.58 Å². The van der Waals surface area contributed by atoms with Gasteiger partial charge in [0.05, 0.1) is 0 Å². The summed E-state index contributed by atoms with van der Waals surface area (Å²) < 4.78 is 0. The van der Waals surface area contributed by atoms with Crippen LogP contribution in [0.15, 0.2) is 0 Å². The predicted molar refractivity (Wildman–Crippen MR) is 38.1 cm³/mol. The minimum Gasteiger partial charge on any atom is -0.118 e. The van der Waals surface area contributed by atoms with Crippen LogP contribution in [0.2, 0.25) is 0 Å². The van der Waals surface area contributed by atoms with Crippen LogP contribution in [0.3, 0.4) is 0 Å². The molecule has 0 aromatic heterocycles. The SMILES string of the molecule is CC[CH]PCCC. The summed E-state index contributed by atoms with van der Waals surface area (Å²) in [6, 6.07) is 0. The van der Waals surface area contributed by atoms with Crippen molar-refractivity contribution < 1.29 is 0 Å². The van der Waals surface area contributed by atoms with Gasteiger partial charge in [0.15, 0.2) is 0 Å². The van der Waals surface area contributed by atoms with Crippen LogP contribution in [0.5, 0.6) is 0 Å². The lowest BCUT2D eigenvalue weighted by Crippen LogP contribution is -1.67. The fourth-order valence-corrected chi connectivity index (χ4v) is 1.17. The zero-order valence-electron chi connectivity index (χ0n) is 5.20. The van der Waals surface area contributed by atoms with E-state index in [4.69, 9.17) is 0 Å². The average molecular weight is 117 g/mol. The highest BCUT2D eigenvalue weighted by atomic mass is 31.1. The van der Waals surface area contributed by atoms with Crippen LogP contribution < -0.4 is 0 Å². The van der Waals surface area contributed by atoms with Gasteiger partial charge >= 0.3 is 0 Å². The van der Waals surface area contributed by atoms with Crippen molar-refractivity contribution >= 4 is 8.58 Å². The predicted octanol–water partition coefficient (Wildman–Crippen LogP) is 2.65. The molecule has 1 unspecified atom stereocenters. The minimum absolute atomic E-state index is 1.11. The third kappa shape index (κ3) is 6.43. The molecule has 0 amide bonds. The molecule has 0 aliphatic heterocycles. The van der Waals surface area contributed by atoms with Crippen molar-refractivity contribution in [1.82, 2.24) is 0 Å². The summed E-state index contributed by atoms with van der Waals surface area (Å²) in [5.74, 6) is 0. The number of hydrogen-bond donors (Lipinski definition) is 0. The first-order valence-corrected chi connectivity index (χ1v) is 4.25. The molecule has 7 heavy (non-hydrogen) atoms. The van der Waals surface area contributed by atoms with E-state index in [-0.39, 0.29) is 0 Å². The molecule has 0 fully saturated rings. The van der Waals surface area contributed by atoms with Crippen LogP contribution >= 0.6 is 8.58 Å². The molecule has 0 saturated heterocycles. The average Bonchev–Trinajstić information content (AvgIpc) is 1.69. The summed E-state index contributed by atoms with van der Waals surface area (Å²) in [5, 5.41) is 0. The smallest absolute Gasteiger partial charge is 0.0174 e. The van der Waals surface area contributed by atoms with E-state index in [0.717, 1.165) is 8.58 Å². The van der Waals surface area contributed by atoms with Gasteiger partial charge in [0.25, 0.3) is 0 Å². The summed E-state index contributed by atoms with van der Waals surface area (Å²) in [6.45, 7) is 4.43. The van der Waals surface area contributed by atoms with Crippen molar-refractivity contribution in [2.45, 2.75) is 26.7 Å². The molecule has 0 bridgehead atoms. The van der Waals surface area contributed by atoms with Gasteiger partial charge in [0.1, 0.15) is 0 Å². The van der Waals surface area contributed by atoms with Gasteiger partial charge in [-0.3, -0.25) is 0 Å². The molecule has 0 aliphatic rings. The second kappa shape index (κ2) is 6.43. The Morgan fingerprint density at radius 3 is 2.57 bits per heavy atom. The fourth-order valence-electron chi connectivity index (χ4n) is 0.391. The molecule has 0 aromatic rings. The Bertz CT molecular complexity index is 23.4. The summed E-state index contributed by atoms with van der Waals surface area (Å²) in [4.78, 5) is 0. The Hall–Kier alpha value is 0.430. The lowest BCUT2D eigenvalue weighted by atomic mass is 10.6. The van der Waals surface area contributed by atoms with E-state index in [1.54, 1.807) is 0 Å². The van der Waals surface area contributed by atoms with Crippen LogP contribution in [0, 0.1) is 6.16 Å². The molecule has 0 spiro atoms. The van der Waals surface area contributed by atoms with E-state index >= 15 is 0 Å². The molecule has 1 atom stereocenters. The molecule has 1 radical (unpaired) electrons. The Labute approximate surface area is 48.5 Å². The highest BCUT2D eigenvalue weighted by Crippen LogP contribution is 2.16. The lowest BCUT2D eigenvalue weighted by molar-refractivity contribution is 1.10. The second-order valence-electron chi connectivity index (χ2n) is 1.57. The van der Waals surface area contributed by atoms with Gasteiger partial charge in [-0.2, -0.15) is 0 Å². The third-order valence-corrected chi connectivity index (χ3v) is 2.23. The van der Waals surface area contributed by atoms with E-state index in [1.807, 2.05) is 0 Å². The van der Waals surface area contributed by atoms with Crippen LogP contribution in [-0.2, 0) is 0 Å². The molecule has 0 aliphatic carbocycles. The fraction of sp³-hybridized carbons (Fsp3) is 0.833. The standard InChI is InChI=1S/C6H14P/c1-3-5-7-6-4-2/h5,7H,3-4,6H2,1-2H3. The highest BCUT2D eigenvalue weighted by molar-refractivity contribution is 7.40. The Morgan fingerprint density at radius 1 is 1.43 bits per heavy atom. The van der Waals surface area contributed by atoms with Crippen LogP contribution in [0.25, 0.3) is 0 Å². The summed E-state index contributed by atoms with van der Waals surface area (Å²) in [7, 11) is 1.11. The van der Waals surface area contributed by atoms with Crippen molar-refractivity contribution in [1.29, 1.82) is 0 Å². The van der Waals surface area contributed by atoms with E-state index in [1.165, 1.54) is 19.0 Å². The third-order valence-electron chi connectivity index (χ3n) is 0.743. The van der Waals surface area contributed by atoms with Gasteiger partial charge in [0.2, 0.25) is 0 Å². The summed E-state index contributed by atoms with van der Waals surface area (Å²) >= 11 is 0. The molecule has 0 heterocycles. The molecule has 1 heteroatoms. The topological polar surface area (TPSA) is 0 Å². The lowest BCUT2D eigenvalue weighted by Gasteiger charge is -1.91. The van der Waals surface area contributed by atoms with Crippen molar-refractivity contribution in [2.24, 2.45) is 0 Å². The molecule has 0 nitrogen and oxygen atoms in total. The van der Waals surface area contributed by atoms with E-state index in [9.17, 15) is 0 Å². The van der Waals surface area contributed by atoms with Crippen molar-refractivity contribution in [3.05, 3.63) is 6.16 Å². The van der Waals surface area contributed by atoms with E-state index < -0.39 is 0 Å². The molecule has 0 N–H and O–H groups in total. The maximum atomic E-state index is 2.36. The van der Waals surface area contributed by atoms with Gasteiger partial charge < -0.3 is 0 Å². The zero-order chi connectivity index (χ0) is 5.54. The molecular weight excluding hydrogens is 103 g/mol. The Kier molecular flexibility index (Phi) is 6.82.